The molecule has 3 aliphatic rings. The van der Waals surface area contributed by atoms with E-state index in [1.807, 2.05) is 0 Å². The molecular weight excluding hydrogens is 428 g/mol. The van der Waals surface area contributed by atoms with E-state index in [2.05, 4.69) is 105 Å². The van der Waals surface area contributed by atoms with Crippen LogP contribution in [0.25, 0.3) is 0 Å². The first-order valence-electron chi connectivity index (χ1n) is 13.1. The molecule has 2 bridgehead atoms. The standard InChI is InChI=1S/C32H40N2O/c1-31(2,3)27-15-16-29(35-4)26(21-27)22-28-23-17-19-34(20-18-23)32(28,33)30(24-11-7-5-8-12-24)25-13-9-6-10-14-25/h5-16,21,23,28,30H,17-20,22,33H2,1-4H3/t28-,32-/m0/s1. The lowest BCUT2D eigenvalue weighted by Gasteiger charge is -2.61. The normalized spacial score (nSPS) is 26.2. The molecule has 3 aromatic rings. The zero-order valence-electron chi connectivity index (χ0n) is 21.7. The summed E-state index contributed by atoms with van der Waals surface area (Å²) in [6.07, 6.45) is 3.38. The highest BCUT2D eigenvalue weighted by atomic mass is 16.5. The Morgan fingerprint density at radius 1 is 0.914 bits per heavy atom. The minimum atomic E-state index is -0.466. The fourth-order valence-corrected chi connectivity index (χ4v) is 6.69. The Labute approximate surface area is 211 Å². The zero-order chi connectivity index (χ0) is 24.6. The van der Waals surface area contributed by atoms with E-state index in [1.165, 1.54) is 35.1 Å². The van der Waals surface area contributed by atoms with E-state index in [1.54, 1.807) is 7.11 Å². The summed E-state index contributed by atoms with van der Waals surface area (Å²) < 4.78 is 5.88. The Balaban J connectivity index is 1.63. The predicted octanol–water partition coefficient (Wildman–Crippen LogP) is 6.36. The van der Waals surface area contributed by atoms with Gasteiger partial charge in [-0.1, -0.05) is 93.6 Å². The lowest BCUT2D eigenvalue weighted by Crippen LogP contribution is -2.72. The van der Waals surface area contributed by atoms with Crippen LogP contribution in [0.1, 0.15) is 61.8 Å². The van der Waals surface area contributed by atoms with Gasteiger partial charge in [0.2, 0.25) is 0 Å². The summed E-state index contributed by atoms with van der Waals surface area (Å²) in [5, 5.41) is 0. The lowest BCUT2D eigenvalue weighted by molar-refractivity contribution is -0.0920. The van der Waals surface area contributed by atoms with E-state index >= 15 is 0 Å². The van der Waals surface area contributed by atoms with Crippen LogP contribution in [0.5, 0.6) is 5.75 Å². The number of hydrogen-bond acceptors (Lipinski definition) is 3. The van der Waals surface area contributed by atoms with Crippen molar-refractivity contribution in [1.82, 2.24) is 4.90 Å². The first kappa shape index (κ1) is 24.1. The summed E-state index contributed by atoms with van der Waals surface area (Å²) in [4.78, 5) is 2.60. The second-order valence-electron chi connectivity index (χ2n) is 11.6. The van der Waals surface area contributed by atoms with E-state index in [0.29, 0.717) is 11.8 Å². The van der Waals surface area contributed by atoms with Crippen molar-refractivity contribution in [2.75, 3.05) is 20.2 Å². The van der Waals surface area contributed by atoms with E-state index in [9.17, 15) is 0 Å². The monoisotopic (exact) mass is 468 g/mol. The third-order valence-electron chi connectivity index (χ3n) is 8.56. The molecule has 0 saturated carbocycles. The van der Waals surface area contributed by atoms with Gasteiger partial charge in [0.15, 0.2) is 0 Å². The molecule has 2 atom stereocenters. The van der Waals surface area contributed by atoms with Gasteiger partial charge in [-0.15, -0.1) is 0 Å². The molecule has 6 rings (SSSR count). The van der Waals surface area contributed by atoms with Crippen molar-refractivity contribution in [2.45, 2.75) is 57.0 Å². The average Bonchev–Trinajstić information content (AvgIpc) is 2.87. The van der Waals surface area contributed by atoms with Crippen molar-refractivity contribution in [3.63, 3.8) is 0 Å². The number of methoxy groups -OCH3 is 1. The van der Waals surface area contributed by atoms with Crippen molar-refractivity contribution in [3.8, 4) is 5.75 Å². The van der Waals surface area contributed by atoms with Gasteiger partial charge in [-0.25, -0.2) is 0 Å². The van der Waals surface area contributed by atoms with Gasteiger partial charge in [-0.05, 0) is 64.8 Å². The molecule has 3 aromatic carbocycles. The summed E-state index contributed by atoms with van der Waals surface area (Å²) in [5.41, 5.74) is 12.6. The molecule has 3 saturated heterocycles. The van der Waals surface area contributed by atoms with Gasteiger partial charge in [-0.2, -0.15) is 0 Å². The van der Waals surface area contributed by atoms with Crippen LogP contribution in [0.4, 0.5) is 0 Å². The summed E-state index contributed by atoms with van der Waals surface area (Å²) in [6.45, 7) is 8.99. The lowest BCUT2D eigenvalue weighted by atomic mass is 9.61. The molecule has 0 unspecified atom stereocenters. The second kappa shape index (κ2) is 9.44. The maximum absolute atomic E-state index is 7.75. The van der Waals surface area contributed by atoms with Crippen molar-refractivity contribution in [3.05, 3.63) is 101 Å². The molecule has 0 radical (unpaired) electrons. The Bertz CT molecular complexity index is 1090. The molecule has 3 nitrogen and oxygen atoms in total. The van der Waals surface area contributed by atoms with Crippen LogP contribution in [0, 0.1) is 11.8 Å². The van der Waals surface area contributed by atoms with Crippen molar-refractivity contribution >= 4 is 0 Å². The van der Waals surface area contributed by atoms with Crippen LogP contribution in [0.15, 0.2) is 78.9 Å². The highest BCUT2D eigenvalue weighted by molar-refractivity contribution is 5.42. The number of ether oxygens (including phenoxy) is 1. The predicted molar refractivity (Wildman–Crippen MR) is 145 cm³/mol. The molecule has 2 N–H and O–H groups in total. The topological polar surface area (TPSA) is 38.5 Å². The van der Waals surface area contributed by atoms with Gasteiger partial charge in [0.1, 0.15) is 5.75 Å². The van der Waals surface area contributed by atoms with E-state index in [0.717, 1.165) is 25.3 Å². The quantitative estimate of drug-likeness (QED) is 0.457. The fourth-order valence-electron chi connectivity index (χ4n) is 6.69. The number of benzene rings is 3. The second-order valence-corrected chi connectivity index (χ2v) is 11.6. The van der Waals surface area contributed by atoms with Gasteiger partial charge in [-0.3, -0.25) is 4.90 Å². The van der Waals surface area contributed by atoms with Crippen molar-refractivity contribution in [1.29, 1.82) is 0 Å². The number of nitrogens with zero attached hydrogens (tertiary/aromatic N) is 1. The van der Waals surface area contributed by atoms with Gasteiger partial charge < -0.3 is 10.5 Å². The highest BCUT2D eigenvalue weighted by Gasteiger charge is 2.55. The van der Waals surface area contributed by atoms with Crippen LogP contribution in [-0.4, -0.2) is 30.8 Å². The van der Waals surface area contributed by atoms with Crippen LogP contribution in [0.2, 0.25) is 0 Å². The van der Waals surface area contributed by atoms with E-state index < -0.39 is 5.66 Å². The first-order valence-corrected chi connectivity index (χ1v) is 13.1. The maximum Gasteiger partial charge on any atom is 0.122 e. The van der Waals surface area contributed by atoms with Crippen LogP contribution < -0.4 is 10.5 Å². The third-order valence-corrected chi connectivity index (χ3v) is 8.56. The first-order chi connectivity index (χ1) is 16.8. The molecule has 0 aromatic heterocycles. The largest absolute Gasteiger partial charge is 0.496 e. The minimum absolute atomic E-state index is 0.0898. The molecule has 0 amide bonds. The van der Waals surface area contributed by atoms with Crippen molar-refractivity contribution in [2.24, 2.45) is 17.6 Å². The summed E-state index contributed by atoms with van der Waals surface area (Å²) in [7, 11) is 1.79. The number of fused-ring (bicyclic) bond motifs is 3. The SMILES string of the molecule is COc1ccc(C(C)(C)C)cc1C[C@H]1C2CCN(CC2)[C@]1(N)C(c1ccccc1)c1ccccc1. The number of piperidine rings is 3. The molecule has 3 heteroatoms. The fraction of sp³-hybridized carbons (Fsp3) is 0.438. The molecule has 35 heavy (non-hydrogen) atoms. The Morgan fingerprint density at radius 3 is 2.00 bits per heavy atom. The summed E-state index contributed by atoms with van der Waals surface area (Å²) in [6, 6.07) is 28.6. The Morgan fingerprint density at radius 2 is 1.49 bits per heavy atom. The van der Waals surface area contributed by atoms with Gasteiger partial charge in [0.25, 0.3) is 0 Å². The van der Waals surface area contributed by atoms with Gasteiger partial charge in [0.05, 0.1) is 12.8 Å². The van der Waals surface area contributed by atoms with Crippen molar-refractivity contribution < 1.29 is 4.74 Å². The summed E-state index contributed by atoms with van der Waals surface area (Å²) >= 11 is 0. The molecule has 3 aliphatic heterocycles. The molecule has 0 aliphatic carbocycles. The maximum atomic E-state index is 7.75. The molecular formula is C32H40N2O. The zero-order valence-corrected chi connectivity index (χ0v) is 21.7. The highest BCUT2D eigenvalue weighted by Crippen LogP contribution is 2.51. The Hall–Kier alpha value is -2.62. The summed E-state index contributed by atoms with van der Waals surface area (Å²) in [5.74, 6) is 2.03. The molecule has 3 heterocycles. The van der Waals surface area contributed by atoms with Crippen LogP contribution in [-0.2, 0) is 11.8 Å². The minimum Gasteiger partial charge on any atom is -0.496 e. The number of rotatable bonds is 6. The molecule has 3 fully saturated rings. The smallest absolute Gasteiger partial charge is 0.122 e. The number of nitrogens with two attached hydrogens (primary N) is 1. The van der Waals surface area contributed by atoms with Gasteiger partial charge >= 0.3 is 0 Å². The van der Waals surface area contributed by atoms with Crippen LogP contribution >= 0.6 is 0 Å². The van der Waals surface area contributed by atoms with Crippen LogP contribution in [0.3, 0.4) is 0 Å². The van der Waals surface area contributed by atoms with Gasteiger partial charge in [0, 0.05) is 19.0 Å². The van der Waals surface area contributed by atoms with E-state index in [-0.39, 0.29) is 11.3 Å². The third kappa shape index (κ3) is 4.41. The molecule has 0 spiro atoms. The molecule has 184 valence electrons. The average molecular weight is 469 g/mol. The van der Waals surface area contributed by atoms with E-state index in [4.69, 9.17) is 10.5 Å². The Kier molecular flexibility index (Phi) is 6.50. The number of hydrogen-bond donors (Lipinski definition) is 1.